The molecule has 0 aliphatic carbocycles. The summed E-state index contributed by atoms with van der Waals surface area (Å²) in [5, 5.41) is 6.87. The van der Waals surface area contributed by atoms with Gasteiger partial charge in [-0.25, -0.2) is 13.9 Å². The van der Waals surface area contributed by atoms with Crippen LogP contribution >= 0.6 is 0 Å². The van der Waals surface area contributed by atoms with E-state index in [2.05, 4.69) is 10.2 Å². The van der Waals surface area contributed by atoms with Gasteiger partial charge in [-0.3, -0.25) is 9.59 Å². The quantitative estimate of drug-likeness (QED) is 0.803. The van der Waals surface area contributed by atoms with Crippen LogP contribution in [-0.4, -0.2) is 28.1 Å². The summed E-state index contributed by atoms with van der Waals surface area (Å²) < 4.78 is 26.7. The first kappa shape index (κ1) is 15.8. The number of amides is 1. The molecule has 5 nitrogen and oxygen atoms in total. The fraction of sp³-hybridized carbons (Fsp3) is 0.118. The molecule has 2 aromatic carbocycles. The predicted molar refractivity (Wildman–Crippen MR) is 84.5 cm³/mol. The smallest absolute Gasteiger partial charge is 0.274 e. The largest absolute Gasteiger partial charge is 0.336 e. The molecule has 0 atom stereocenters. The van der Waals surface area contributed by atoms with Crippen molar-refractivity contribution in [3.8, 4) is 0 Å². The first-order chi connectivity index (χ1) is 11.5. The van der Waals surface area contributed by atoms with Gasteiger partial charge in [0.1, 0.15) is 11.6 Å². The van der Waals surface area contributed by atoms with E-state index in [1.54, 1.807) is 24.3 Å². The maximum atomic E-state index is 13.7. The molecule has 0 aliphatic rings. The molecule has 0 fully saturated rings. The molecular formula is C17H13F2N3O2. The van der Waals surface area contributed by atoms with E-state index in [-0.39, 0.29) is 17.8 Å². The molecule has 1 aromatic heterocycles. The number of rotatable bonds is 3. The molecule has 1 amide bonds. The molecule has 0 saturated carbocycles. The van der Waals surface area contributed by atoms with Crippen LogP contribution in [0.25, 0.3) is 10.8 Å². The summed E-state index contributed by atoms with van der Waals surface area (Å²) in [5.41, 5.74) is -0.148. The van der Waals surface area contributed by atoms with Gasteiger partial charge in [0.25, 0.3) is 11.5 Å². The highest BCUT2D eigenvalue weighted by atomic mass is 19.1. The zero-order valence-electron chi connectivity index (χ0n) is 12.7. The van der Waals surface area contributed by atoms with E-state index in [0.717, 1.165) is 12.1 Å². The van der Waals surface area contributed by atoms with E-state index in [0.29, 0.717) is 10.8 Å². The van der Waals surface area contributed by atoms with Crippen LogP contribution in [0.1, 0.15) is 16.1 Å². The van der Waals surface area contributed by atoms with Crippen molar-refractivity contribution in [2.24, 2.45) is 0 Å². The van der Waals surface area contributed by atoms with Crippen LogP contribution in [0.3, 0.4) is 0 Å². The monoisotopic (exact) mass is 329 g/mol. The number of carbonyl (C=O) groups is 1. The highest BCUT2D eigenvalue weighted by Crippen LogP contribution is 2.16. The van der Waals surface area contributed by atoms with Crippen LogP contribution in [0.5, 0.6) is 0 Å². The minimum atomic E-state index is -0.728. The zero-order chi connectivity index (χ0) is 17.3. The van der Waals surface area contributed by atoms with Crippen LogP contribution in [-0.2, 0) is 6.54 Å². The number of aromatic nitrogens is 2. The van der Waals surface area contributed by atoms with Crippen LogP contribution in [0.2, 0.25) is 0 Å². The number of H-pyrrole nitrogens is 1. The minimum absolute atomic E-state index is 0.0555. The number of hydrogen-bond donors (Lipinski definition) is 1. The van der Waals surface area contributed by atoms with Crippen molar-refractivity contribution in [3.05, 3.63) is 75.7 Å². The zero-order valence-corrected chi connectivity index (χ0v) is 12.7. The third-order valence-electron chi connectivity index (χ3n) is 3.67. The van der Waals surface area contributed by atoms with Gasteiger partial charge in [0, 0.05) is 30.6 Å². The lowest BCUT2D eigenvalue weighted by Crippen LogP contribution is -2.29. The molecule has 24 heavy (non-hydrogen) atoms. The second-order valence-corrected chi connectivity index (χ2v) is 5.34. The van der Waals surface area contributed by atoms with E-state index < -0.39 is 23.1 Å². The molecule has 0 radical (unpaired) electrons. The van der Waals surface area contributed by atoms with Crippen LogP contribution < -0.4 is 5.56 Å². The molecular weight excluding hydrogens is 316 g/mol. The number of halogens is 2. The lowest BCUT2D eigenvalue weighted by Gasteiger charge is -2.17. The summed E-state index contributed by atoms with van der Waals surface area (Å²) in [7, 11) is 1.48. The first-order valence-corrected chi connectivity index (χ1v) is 7.14. The Morgan fingerprint density at radius 3 is 2.58 bits per heavy atom. The van der Waals surface area contributed by atoms with Crippen molar-refractivity contribution in [1.29, 1.82) is 0 Å². The molecule has 0 spiro atoms. The second kappa shape index (κ2) is 6.19. The number of nitrogens with zero attached hydrogens (tertiary/aromatic N) is 2. The molecule has 3 aromatic rings. The van der Waals surface area contributed by atoms with Crippen LogP contribution in [0.4, 0.5) is 8.78 Å². The Balaban J connectivity index is 1.94. The number of carbonyl (C=O) groups excluding carboxylic acids is 1. The predicted octanol–water partition coefficient (Wildman–Crippen LogP) is 2.47. The second-order valence-electron chi connectivity index (χ2n) is 5.34. The maximum absolute atomic E-state index is 13.7. The van der Waals surface area contributed by atoms with Crippen molar-refractivity contribution >= 4 is 16.7 Å². The van der Waals surface area contributed by atoms with Gasteiger partial charge < -0.3 is 4.90 Å². The minimum Gasteiger partial charge on any atom is -0.336 e. The van der Waals surface area contributed by atoms with Gasteiger partial charge in [-0.1, -0.05) is 24.3 Å². The van der Waals surface area contributed by atoms with Crippen molar-refractivity contribution < 1.29 is 13.6 Å². The third kappa shape index (κ3) is 2.88. The van der Waals surface area contributed by atoms with Crippen LogP contribution in [0, 0.1) is 11.6 Å². The molecule has 1 heterocycles. The Bertz CT molecular complexity index is 985. The number of hydrogen-bond acceptors (Lipinski definition) is 3. The summed E-state index contributed by atoms with van der Waals surface area (Å²) in [6.07, 6.45) is 0. The molecule has 122 valence electrons. The maximum Gasteiger partial charge on any atom is 0.274 e. The summed E-state index contributed by atoms with van der Waals surface area (Å²) in [6, 6.07) is 9.77. The molecule has 0 unspecified atom stereocenters. The van der Waals surface area contributed by atoms with Gasteiger partial charge >= 0.3 is 0 Å². The summed E-state index contributed by atoms with van der Waals surface area (Å²) >= 11 is 0. The van der Waals surface area contributed by atoms with E-state index in [1.165, 1.54) is 18.0 Å². The van der Waals surface area contributed by atoms with Crippen molar-refractivity contribution in [3.63, 3.8) is 0 Å². The van der Waals surface area contributed by atoms with Crippen molar-refractivity contribution in [2.75, 3.05) is 7.05 Å². The normalized spacial score (nSPS) is 10.8. The summed E-state index contributed by atoms with van der Waals surface area (Å²) in [5.74, 6) is -1.89. The first-order valence-electron chi connectivity index (χ1n) is 7.14. The third-order valence-corrected chi connectivity index (χ3v) is 3.67. The molecule has 1 N–H and O–H groups in total. The van der Waals surface area contributed by atoms with E-state index >= 15 is 0 Å². The Kier molecular flexibility index (Phi) is 4.07. The summed E-state index contributed by atoms with van der Waals surface area (Å²) in [4.78, 5) is 25.6. The number of nitrogens with one attached hydrogen (secondary N) is 1. The van der Waals surface area contributed by atoms with E-state index in [9.17, 15) is 18.4 Å². The highest BCUT2D eigenvalue weighted by Gasteiger charge is 2.19. The number of aromatic amines is 1. The number of benzene rings is 2. The average Bonchev–Trinajstić information content (AvgIpc) is 2.57. The molecule has 3 rings (SSSR count). The lowest BCUT2D eigenvalue weighted by molar-refractivity contribution is 0.0779. The Morgan fingerprint density at radius 2 is 1.88 bits per heavy atom. The standard InChI is InChI=1S/C17H13F2N3O2/c1-22(9-10-6-7-11(18)8-14(10)19)17(24)15-12-4-2-3-5-13(12)16(23)21-20-15/h2-8H,9H2,1H3,(H,21,23). The van der Waals surface area contributed by atoms with Crippen molar-refractivity contribution in [2.45, 2.75) is 6.54 Å². The fourth-order valence-electron chi connectivity index (χ4n) is 2.44. The molecule has 0 saturated heterocycles. The van der Waals surface area contributed by atoms with Gasteiger partial charge in [-0.15, -0.1) is 0 Å². The van der Waals surface area contributed by atoms with Crippen molar-refractivity contribution in [1.82, 2.24) is 15.1 Å². The summed E-state index contributed by atoms with van der Waals surface area (Å²) in [6.45, 7) is -0.0555. The average molecular weight is 329 g/mol. The van der Waals surface area contributed by atoms with Gasteiger partial charge in [-0.05, 0) is 12.1 Å². The number of fused-ring (bicyclic) bond motifs is 1. The molecule has 0 aliphatic heterocycles. The van der Waals surface area contributed by atoms with E-state index in [1.807, 2.05) is 0 Å². The van der Waals surface area contributed by atoms with Gasteiger partial charge in [0.05, 0.1) is 5.39 Å². The molecule has 0 bridgehead atoms. The Morgan fingerprint density at radius 1 is 1.17 bits per heavy atom. The SMILES string of the molecule is CN(Cc1ccc(F)cc1F)C(=O)c1n[nH]c(=O)c2ccccc12. The lowest BCUT2D eigenvalue weighted by atomic mass is 10.1. The Hall–Kier alpha value is -3.09. The van der Waals surface area contributed by atoms with E-state index in [4.69, 9.17) is 0 Å². The fourth-order valence-corrected chi connectivity index (χ4v) is 2.44. The van der Waals surface area contributed by atoms with Crippen LogP contribution in [0.15, 0.2) is 47.3 Å². The van der Waals surface area contributed by atoms with Gasteiger partial charge in [-0.2, -0.15) is 5.10 Å². The molecule has 7 heteroatoms. The highest BCUT2D eigenvalue weighted by molar-refractivity contribution is 6.04. The topological polar surface area (TPSA) is 66.1 Å². The van der Waals surface area contributed by atoms with Gasteiger partial charge in [0.2, 0.25) is 0 Å². The Labute approximate surface area is 135 Å². The van der Waals surface area contributed by atoms with Gasteiger partial charge in [0.15, 0.2) is 5.69 Å².